The van der Waals surface area contributed by atoms with Crippen molar-refractivity contribution in [3.8, 4) is 22.9 Å². The minimum Gasteiger partial charge on any atom is -0.496 e. The normalized spacial score (nSPS) is 11.4. The van der Waals surface area contributed by atoms with Gasteiger partial charge in [0.25, 0.3) is 5.56 Å². The van der Waals surface area contributed by atoms with Gasteiger partial charge in [-0.05, 0) is 65.9 Å². The Bertz CT molecular complexity index is 1620. The van der Waals surface area contributed by atoms with E-state index in [2.05, 4.69) is 23.7 Å². The first-order valence-corrected chi connectivity index (χ1v) is 12.8. The van der Waals surface area contributed by atoms with Crippen LogP contribution >= 0.6 is 23.2 Å². The van der Waals surface area contributed by atoms with Gasteiger partial charge in [0.1, 0.15) is 5.75 Å². The summed E-state index contributed by atoms with van der Waals surface area (Å²) in [6, 6.07) is 14.2. The fraction of sp³-hybridized carbons (Fsp3) is 0.241. The minimum atomic E-state index is -0.571. The van der Waals surface area contributed by atoms with Gasteiger partial charge < -0.3 is 14.2 Å². The molecular weight excluding hydrogens is 541 g/mol. The summed E-state index contributed by atoms with van der Waals surface area (Å²) >= 11 is 12.7. The van der Waals surface area contributed by atoms with Crippen LogP contribution in [0.1, 0.15) is 36.5 Å². The number of esters is 1. The predicted octanol–water partition coefficient (Wildman–Crippen LogP) is 6.24. The largest absolute Gasteiger partial charge is 0.496 e. The van der Waals surface area contributed by atoms with Crippen LogP contribution in [0.4, 0.5) is 0 Å². The third-order valence-electron chi connectivity index (χ3n) is 6.10. The zero-order valence-electron chi connectivity index (χ0n) is 22.1. The lowest BCUT2D eigenvalue weighted by atomic mass is 9.96. The third-order valence-corrected chi connectivity index (χ3v) is 6.66. The number of hydrogen-bond acceptors (Lipinski definition) is 7. The lowest BCUT2D eigenvalue weighted by molar-refractivity contribution is -0.142. The summed E-state index contributed by atoms with van der Waals surface area (Å²) in [7, 11) is 2.89. The van der Waals surface area contributed by atoms with E-state index in [1.54, 1.807) is 37.4 Å². The van der Waals surface area contributed by atoms with Crippen molar-refractivity contribution in [2.24, 2.45) is 5.10 Å². The van der Waals surface area contributed by atoms with E-state index in [0.717, 1.165) is 22.4 Å². The van der Waals surface area contributed by atoms with Gasteiger partial charge in [0.05, 0.1) is 41.4 Å². The Balaban J connectivity index is 1.86. The molecule has 0 atom stereocenters. The number of aromatic nitrogens is 2. The molecule has 1 heterocycles. The molecule has 0 saturated heterocycles. The van der Waals surface area contributed by atoms with Crippen molar-refractivity contribution >= 4 is 46.3 Å². The highest BCUT2D eigenvalue weighted by molar-refractivity contribution is 6.37. The van der Waals surface area contributed by atoms with E-state index in [4.69, 9.17) is 37.7 Å². The van der Waals surface area contributed by atoms with Crippen molar-refractivity contribution in [3.63, 3.8) is 0 Å². The fourth-order valence-corrected chi connectivity index (χ4v) is 4.69. The Hall–Kier alpha value is -3.88. The molecule has 1 aromatic heterocycles. The van der Waals surface area contributed by atoms with E-state index < -0.39 is 5.97 Å². The van der Waals surface area contributed by atoms with Gasteiger partial charge in [-0.1, -0.05) is 49.2 Å². The molecule has 3 aromatic carbocycles. The van der Waals surface area contributed by atoms with Gasteiger partial charge in [0.15, 0.2) is 18.2 Å². The monoisotopic (exact) mass is 567 g/mol. The summed E-state index contributed by atoms with van der Waals surface area (Å²) in [6.45, 7) is 5.73. The zero-order valence-corrected chi connectivity index (χ0v) is 23.6. The lowest BCUT2D eigenvalue weighted by Gasteiger charge is -2.17. The SMILES string of the molecule is COC(=O)COc1c(Cl)cc(C=Nn2c(-c3cc(C(C)C)c(OC)cc3C)nc3ccccc3c2=O)cc1Cl. The van der Waals surface area contributed by atoms with Gasteiger partial charge in [-0.25, -0.2) is 9.78 Å². The summed E-state index contributed by atoms with van der Waals surface area (Å²) in [4.78, 5) is 29.9. The summed E-state index contributed by atoms with van der Waals surface area (Å²) in [5, 5.41) is 5.28. The number of benzene rings is 3. The van der Waals surface area contributed by atoms with Gasteiger partial charge in [0.2, 0.25) is 0 Å². The molecular formula is C29H27Cl2N3O5. The standard InChI is InChI=1S/C29H27Cl2N3O5/c1-16(2)20-13-21(17(3)10-25(20)37-4)28-33-24-9-7-6-8-19(24)29(36)34(28)32-14-18-11-22(30)27(23(31)12-18)39-15-26(35)38-5/h6-14,16H,15H2,1-5H3. The number of aryl methyl sites for hydroxylation is 1. The Kier molecular flexibility index (Phi) is 8.57. The highest BCUT2D eigenvalue weighted by atomic mass is 35.5. The van der Waals surface area contributed by atoms with Crippen LogP contribution in [0.25, 0.3) is 22.3 Å². The number of methoxy groups -OCH3 is 2. The molecule has 0 aliphatic rings. The van der Waals surface area contributed by atoms with Crippen molar-refractivity contribution in [1.29, 1.82) is 0 Å². The first kappa shape index (κ1) is 28.1. The Morgan fingerprint density at radius 1 is 1.10 bits per heavy atom. The van der Waals surface area contributed by atoms with Crippen LogP contribution in [0, 0.1) is 6.92 Å². The molecule has 0 spiro atoms. The molecule has 39 heavy (non-hydrogen) atoms. The van der Waals surface area contributed by atoms with Crippen LogP contribution < -0.4 is 15.0 Å². The molecule has 0 bridgehead atoms. The number of carbonyl (C=O) groups is 1. The third kappa shape index (κ3) is 5.92. The molecule has 0 saturated carbocycles. The van der Waals surface area contributed by atoms with Crippen molar-refractivity contribution in [2.45, 2.75) is 26.7 Å². The number of para-hydroxylation sites is 1. The number of nitrogens with zero attached hydrogens (tertiary/aromatic N) is 3. The summed E-state index contributed by atoms with van der Waals surface area (Å²) in [6.07, 6.45) is 1.46. The maximum Gasteiger partial charge on any atom is 0.343 e. The average molecular weight is 568 g/mol. The van der Waals surface area contributed by atoms with E-state index in [-0.39, 0.29) is 33.9 Å². The Morgan fingerprint density at radius 3 is 2.44 bits per heavy atom. The van der Waals surface area contributed by atoms with Crippen LogP contribution in [0.5, 0.6) is 11.5 Å². The second-order valence-electron chi connectivity index (χ2n) is 9.06. The summed E-state index contributed by atoms with van der Waals surface area (Å²) in [5.41, 5.74) is 3.35. The van der Waals surface area contributed by atoms with Crippen molar-refractivity contribution in [1.82, 2.24) is 9.66 Å². The van der Waals surface area contributed by atoms with Crippen molar-refractivity contribution in [2.75, 3.05) is 20.8 Å². The summed E-state index contributed by atoms with van der Waals surface area (Å²) in [5.74, 6) is 0.891. The highest BCUT2D eigenvalue weighted by Crippen LogP contribution is 2.35. The molecule has 4 rings (SSSR count). The van der Waals surface area contributed by atoms with Crippen molar-refractivity contribution in [3.05, 3.63) is 85.6 Å². The maximum atomic E-state index is 13.6. The van der Waals surface area contributed by atoms with Crippen LogP contribution in [0.3, 0.4) is 0 Å². The first-order chi connectivity index (χ1) is 18.6. The maximum absolute atomic E-state index is 13.6. The smallest absolute Gasteiger partial charge is 0.343 e. The van der Waals surface area contributed by atoms with Gasteiger partial charge in [-0.15, -0.1) is 0 Å². The number of rotatable bonds is 8. The lowest BCUT2D eigenvalue weighted by Crippen LogP contribution is -2.20. The van der Waals surface area contributed by atoms with E-state index >= 15 is 0 Å². The highest BCUT2D eigenvalue weighted by Gasteiger charge is 2.18. The number of hydrogen-bond donors (Lipinski definition) is 0. The van der Waals surface area contributed by atoms with Gasteiger partial charge in [0, 0.05) is 5.56 Å². The molecule has 202 valence electrons. The molecule has 0 fully saturated rings. The topological polar surface area (TPSA) is 92.0 Å². The molecule has 0 N–H and O–H groups in total. The van der Waals surface area contributed by atoms with Gasteiger partial charge in [-0.3, -0.25) is 4.79 Å². The molecule has 0 radical (unpaired) electrons. The Morgan fingerprint density at radius 2 is 1.79 bits per heavy atom. The quantitative estimate of drug-likeness (QED) is 0.185. The minimum absolute atomic E-state index is 0.140. The van der Waals surface area contributed by atoms with E-state index in [0.29, 0.717) is 22.3 Å². The van der Waals surface area contributed by atoms with Crippen LogP contribution in [0.15, 0.2) is 58.4 Å². The van der Waals surface area contributed by atoms with E-state index in [1.165, 1.54) is 18.0 Å². The Labute approximate surface area is 235 Å². The fourth-order valence-electron chi connectivity index (χ4n) is 4.08. The van der Waals surface area contributed by atoms with E-state index in [1.807, 2.05) is 25.1 Å². The molecule has 0 unspecified atom stereocenters. The molecule has 0 amide bonds. The second-order valence-corrected chi connectivity index (χ2v) is 9.87. The van der Waals surface area contributed by atoms with E-state index in [9.17, 15) is 9.59 Å². The van der Waals surface area contributed by atoms with Gasteiger partial charge >= 0.3 is 5.97 Å². The zero-order chi connectivity index (χ0) is 28.3. The average Bonchev–Trinajstić information content (AvgIpc) is 2.91. The summed E-state index contributed by atoms with van der Waals surface area (Å²) < 4.78 is 16.8. The van der Waals surface area contributed by atoms with Crippen LogP contribution in [-0.2, 0) is 9.53 Å². The molecule has 0 aliphatic heterocycles. The predicted molar refractivity (Wildman–Crippen MR) is 154 cm³/mol. The van der Waals surface area contributed by atoms with Crippen LogP contribution in [-0.4, -0.2) is 42.7 Å². The molecule has 10 heteroatoms. The van der Waals surface area contributed by atoms with Gasteiger partial charge in [-0.2, -0.15) is 9.78 Å². The number of ether oxygens (including phenoxy) is 3. The number of carbonyl (C=O) groups excluding carboxylic acids is 1. The molecule has 0 aliphatic carbocycles. The second kappa shape index (κ2) is 11.9. The first-order valence-electron chi connectivity index (χ1n) is 12.1. The van der Waals surface area contributed by atoms with Crippen molar-refractivity contribution < 1.29 is 19.0 Å². The number of fused-ring (bicyclic) bond motifs is 1. The van der Waals surface area contributed by atoms with Crippen LogP contribution in [0.2, 0.25) is 10.0 Å². The molecule has 8 nitrogen and oxygen atoms in total. The molecule has 4 aromatic rings. The number of halogens is 2.